The largest absolute Gasteiger partial charge is 0.452 e. The number of esters is 1. The van der Waals surface area contributed by atoms with Crippen molar-refractivity contribution in [1.29, 1.82) is 0 Å². The fourth-order valence-electron chi connectivity index (χ4n) is 2.65. The Bertz CT molecular complexity index is 1050. The fraction of sp³-hybridized carbons (Fsp3) is 0.227. The van der Waals surface area contributed by atoms with Gasteiger partial charge in [0.05, 0.1) is 12.1 Å². The molecule has 0 unspecified atom stereocenters. The zero-order valence-electron chi connectivity index (χ0n) is 16.4. The highest BCUT2D eigenvalue weighted by Crippen LogP contribution is 2.24. The molecule has 5 nitrogen and oxygen atoms in total. The number of halogens is 1. The van der Waals surface area contributed by atoms with Gasteiger partial charge in [0.1, 0.15) is 10.8 Å². The number of aromatic nitrogens is 1. The molecule has 0 aliphatic rings. The summed E-state index contributed by atoms with van der Waals surface area (Å²) in [6.45, 7) is 5.11. The summed E-state index contributed by atoms with van der Waals surface area (Å²) in [7, 11) is 0. The third-order valence-corrected chi connectivity index (χ3v) is 5.20. The van der Waals surface area contributed by atoms with Crippen LogP contribution in [0.2, 0.25) is 0 Å². The molecule has 0 spiro atoms. The van der Waals surface area contributed by atoms with Gasteiger partial charge in [-0.3, -0.25) is 9.59 Å². The van der Waals surface area contributed by atoms with Crippen LogP contribution in [0.1, 0.15) is 23.7 Å². The molecule has 1 aromatic heterocycles. The second-order valence-electron chi connectivity index (χ2n) is 6.78. The van der Waals surface area contributed by atoms with Crippen LogP contribution in [0.4, 0.5) is 10.1 Å². The zero-order chi connectivity index (χ0) is 21.0. The van der Waals surface area contributed by atoms with Crippen molar-refractivity contribution in [2.24, 2.45) is 0 Å². The first-order valence-electron chi connectivity index (χ1n) is 9.10. The molecule has 2 aromatic carbocycles. The Balaban J connectivity index is 1.56. The summed E-state index contributed by atoms with van der Waals surface area (Å²) in [4.78, 5) is 28.8. The van der Waals surface area contributed by atoms with Crippen LogP contribution in [0.3, 0.4) is 0 Å². The first-order valence-corrected chi connectivity index (χ1v) is 9.97. The second kappa shape index (κ2) is 8.96. The van der Waals surface area contributed by atoms with E-state index >= 15 is 0 Å². The molecule has 1 heterocycles. The maximum atomic E-state index is 13.6. The summed E-state index contributed by atoms with van der Waals surface area (Å²) < 4.78 is 18.8. The Morgan fingerprint density at radius 1 is 1.21 bits per heavy atom. The Labute approximate surface area is 172 Å². The standard InChI is InChI=1S/C22H21FN2O3S/c1-13-5-4-6-16(9-13)22-25-18(12-29-22)11-20(26)28-15(3)21(27)24-17-8-7-14(2)19(23)10-17/h4-10,12,15H,11H2,1-3H3,(H,24,27)/t15-/m0/s1. The molecule has 1 N–H and O–H groups in total. The average molecular weight is 412 g/mol. The van der Waals surface area contributed by atoms with Crippen LogP contribution >= 0.6 is 11.3 Å². The molecule has 0 bridgehead atoms. The van der Waals surface area contributed by atoms with E-state index in [9.17, 15) is 14.0 Å². The summed E-state index contributed by atoms with van der Waals surface area (Å²) in [6, 6.07) is 12.3. The molecule has 0 aliphatic carbocycles. The number of hydrogen-bond donors (Lipinski definition) is 1. The minimum absolute atomic E-state index is 0.0287. The lowest BCUT2D eigenvalue weighted by Crippen LogP contribution is -2.30. The molecule has 150 valence electrons. The number of aryl methyl sites for hydroxylation is 2. The van der Waals surface area contributed by atoms with E-state index in [-0.39, 0.29) is 6.42 Å². The van der Waals surface area contributed by atoms with Crippen molar-refractivity contribution in [3.05, 3.63) is 70.5 Å². The summed E-state index contributed by atoms with van der Waals surface area (Å²) in [5, 5.41) is 5.17. The average Bonchev–Trinajstić information content (AvgIpc) is 3.13. The van der Waals surface area contributed by atoms with Crippen molar-refractivity contribution < 1.29 is 18.7 Å². The lowest BCUT2D eigenvalue weighted by Gasteiger charge is -2.13. The maximum Gasteiger partial charge on any atom is 0.312 e. The van der Waals surface area contributed by atoms with Crippen LogP contribution in [0.25, 0.3) is 10.6 Å². The molecule has 0 radical (unpaired) electrons. The minimum atomic E-state index is -1.01. The number of nitrogens with one attached hydrogen (secondary N) is 1. The van der Waals surface area contributed by atoms with Gasteiger partial charge in [0.15, 0.2) is 6.10 Å². The van der Waals surface area contributed by atoms with Crippen molar-refractivity contribution in [1.82, 2.24) is 4.98 Å². The molecule has 3 rings (SSSR count). The topological polar surface area (TPSA) is 68.3 Å². The van der Waals surface area contributed by atoms with Gasteiger partial charge in [-0.05, 0) is 44.5 Å². The van der Waals surface area contributed by atoms with E-state index in [0.717, 1.165) is 16.1 Å². The molecule has 29 heavy (non-hydrogen) atoms. The van der Waals surface area contributed by atoms with Gasteiger partial charge >= 0.3 is 5.97 Å². The Morgan fingerprint density at radius 2 is 2.00 bits per heavy atom. The minimum Gasteiger partial charge on any atom is -0.452 e. The predicted molar refractivity (Wildman–Crippen MR) is 111 cm³/mol. The van der Waals surface area contributed by atoms with E-state index in [1.807, 2.05) is 31.2 Å². The predicted octanol–water partition coefficient (Wildman–Crippen LogP) is 4.68. The Hall–Kier alpha value is -3.06. The van der Waals surface area contributed by atoms with Gasteiger partial charge < -0.3 is 10.1 Å². The maximum absolute atomic E-state index is 13.6. The van der Waals surface area contributed by atoms with Gasteiger partial charge in [-0.1, -0.05) is 29.8 Å². The van der Waals surface area contributed by atoms with E-state index in [1.54, 1.807) is 24.4 Å². The molecule has 7 heteroatoms. The van der Waals surface area contributed by atoms with Crippen LogP contribution in [0.15, 0.2) is 47.8 Å². The highest BCUT2D eigenvalue weighted by Gasteiger charge is 2.19. The number of carbonyl (C=O) groups is 2. The Morgan fingerprint density at radius 3 is 2.72 bits per heavy atom. The van der Waals surface area contributed by atoms with E-state index in [0.29, 0.717) is 16.9 Å². The molecule has 3 aromatic rings. The van der Waals surface area contributed by atoms with Crippen molar-refractivity contribution in [3.8, 4) is 10.6 Å². The van der Waals surface area contributed by atoms with E-state index in [4.69, 9.17) is 4.74 Å². The molecule has 1 amide bonds. The number of benzene rings is 2. The zero-order valence-corrected chi connectivity index (χ0v) is 17.2. The number of hydrogen-bond acceptors (Lipinski definition) is 5. The van der Waals surface area contributed by atoms with Gasteiger partial charge in [-0.25, -0.2) is 9.37 Å². The molecular weight excluding hydrogens is 391 g/mol. The molecule has 0 aliphatic heterocycles. The third-order valence-electron chi connectivity index (χ3n) is 4.26. The fourth-order valence-corrected chi connectivity index (χ4v) is 3.47. The van der Waals surface area contributed by atoms with Gasteiger partial charge in [0.2, 0.25) is 0 Å². The van der Waals surface area contributed by atoms with Gasteiger partial charge in [0.25, 0.3) is 5.91 Å². The summed E-state index contributed by atoms with van der Waals surface area (Å²) in [5.41, 5.74) is 3.50. The number of nitrogens with zero attached hydrogens (tertiary/aromatic N) is 1. The normalized spacial score (nSPS) is 11.7. The number of amides is 1. The molecule has 0 saturated heterocycles. The number of anilines is 1. The molecule has 0 saturated carbocycles. The van der Waals surface area contributed by atoms with Crippen molar-refractivity contribution in [2.45, 2.75) is 33.3 Å². The first kappa shape index (κ1) is 20.7. The summed E-state index contributed by atoms with van der Waals surface area (Å²) in [5.74, 6) is -1.50. The van der Waals surface area contributed by atoms with Crippen molar-refractivity contribution in [2.75, 3.05) is 5.32 Å². The van der Waals surface area contributed by atoms with Crippen molar-refractivity contribution >= 4 is 28.9 Å². The summed E-state index contributed by atoms with van der Waals surface area (Å²) in [6.07, 6.45) is -1.04. The van der Waals surface area contributed by atoms with Gasteiger partial charge in [0, 0.05) is 16.6 Å². The molecular formula is C22H21FN2O3S. The van der Waals surface area contributed by atoms with E-state index in [2.05, 4.69) is 10.3 Å². The van der Waals surface area contributed by atoms with Crippen LogP contribution in [0.5, 0.6) is 0 Å². The highest BCUT2D eigenvalue weighted by atomic mass is 32.1. The first-order chi connectivity index (χ1) is 13.8. The molecule has 0 fully saturated rings. The molecule has 1 atom stereocenters. The lowest BCUT2D eigenvalue weighted by atomic mass is 10.1. The van der Waals surface area contributed by atoms with E-state index in [1.165, 1.54) is 24.3 Å². The van der Waals surface area contributed by atoms with Gasteiger partial charge in [-0.15, -0.1) is 11.3 Å². The lowest BCUT2D eigenvalue weighted by molar-refractivity contribution is -0.152. The summed E-state index contributed by atoms with van der Waals surface area (Å²) >= 11 is 1.45. The van der Waals surface area contributed by atoms with Crippen LogP contribution in [-0.2, 0) is 20.7 Å². The van der Waals surface area contributed by atoms with E-state index < -0.39 is 23.8 Å². The van der Waals surface area contributed by atoms with Crippen molar-refractivity contribution in [3.63, 3.8) is 0 Å². The monoisotopic (exact) mass is 412 g/mol. The number of carbonyl (C=O) groups excluding carboxylic acids is 2. The highest BCUT2D eigenvalue weighted by molar-refractivity contribution is 7.13. The second-order valence-corrected chi connectivity index (χ2v) is 7.63. The SMILES string of the molecule is Cc1cccc(-c2nc(CC(=O)O[C@@H](C)C(=O)Nc3ccc(C)c(F)c3)cs2)c1. The third kappa shape index (κ3) is 5.48. The van der Waals surface area contributed by atoms with Crippen LogP contribution in [-0.4, -0.2) is 23.0 Å². The quantitative estimate of drug-likeness (QED) is 0.597. The number of rotatable bonds is 6. The van der Waals surface area contributed by atoms with Crippen LogP contribution < -0.4 is 5.32 Å². The van der Waals surface area contributed by atoms with Gasteiger partial charge in [-0.2, -0.15) is 0 Å². The van der Waals surface area contributed by atoms with Crippen LogP contribution in [0, 0.1) is 19.7 Å². The number of ether oxygens (including phenoxy) is 1. The smallest absolute Gasteiger partial charge is 0.312 e. The Kier molecular flexibility index (Phi) is 6.39. The number of thiazole rings is 1.